The molecule has 1 fully saturated rings. The van der Waals surface area contributed by atoms with Crippen molar-refractivity contribution in [3.63, 3.8) is 0 Å². The highest BCUT2D eigenvalue weighted by atomic mass is 35.5. The van der Waals surface area contributed by atoms with Gasteiger partial charge in [-0.25, -0.2) is 0 Å². The van der Waals surface area contributed by atoms with Gasteiger partial charge in [0.25, 0.3) is 0 Å². The van der Waals surface area contributed by atoms with Gasteiger partial charge in [0.15, 0.2) is 0 Å². The van der Waals surface area contributed by atoms with Crippen molar-refractivity contribution in [1.29, 1.82) is 0 Å². The maximum absolute atomic E-state index is 12.3. The summed E-state index contributed by atoms with van der Waals surface area (Å²) in [6.45, 7) is 6.17. The Morgan fingerprint density at radius 2 is 2.11 bits per heavy atom. The normalized spacial score (nSPS) is 16.8. The Bertz CT molecular complexity index is 451. The zero-order valence-corrected chi connectivity index (χ0v) is 12.4. The minimum Gasteiger partial charge on any atom is -0.381 e. The van der Waals surface area contributed by atoms with Gasteiger partial charge >= 0.3 is 0 Å². The van der Waals surface area contributed by atoms with Crippen LogP contribution in [0.3, 0.4) is 0 Å². The van der Waals surface area contributed by atoms with Crippen molar-refractivity contribution in [1.82, 2.24) is 9.78 Å². The fourth-order valence-corrected chi connectivity index (χ4v) is 2.85. The van der Waals surface area contributed by atoms with Gasteiger partial charge in [0.2, 0.25) is 0 Å². The molecule has 0 amide bonds. The smallest absolute Gasteiger partial charge is 0.142 e. The number of ketones is 1. The number of carbonyl (C=O) groups is 1. The third kappa shape index (κ3) is 3.18. The molecule has 0 aliphatic carbocycles. The number of Topliss-reactive ketones (excluding diaryl/α,β-unsaturated/α-hetero) is 1. The molecule has 2 rings (SSSR count). The topological polar surface area (TPSA) is 44.1 Å². The summed E-state index contributed by atoms with van der Waals surface area (Å²) in [6.07, 6.45) is 2.85. The van der Waals surface area contributed by atoms with Crippen LogP contribution >= 0.6 is 11.6 Å². The average molecular weight is 285 g/mol. The Morgan fingerprint density at radius 3 is 2.68 bits per heavy atom. The molecular formula is C14H21ClN2O2. The highest BCUT2D eigenvalue weighted by molar-refractivity contribution is 6.32. The predicted molar refractivity (Wildman–Crippen MR) is 74.5 cm³/mol. The molecule has 0 aromatic carbocycles. The molecule has 1 aliphatic rings. The minimum atomic E-state index is 0.120. The van der Waals surface area contributed by atoms with Gasteiger partial charge in [-0.2, -0.15) is 5.10 Å². The molecule has 0 N–H and O–H groups in total. The molecule has 1 aliphatic heterocycles. The molecule has 5 heteroatoms. The van der Waals surface area contributed by atoms with Crippen LogP contribution in [0.1, 0.15) is 38.1 Å². The molecule has 2 heterocycles. The molecule has 1 saturated heterocycles. The highest BCUT2D eigenvalue weighted by Crippen LogP contribution is 2.25. The molecular weight excluding hydrogens is 264 g/mol. The van der Waals surface area contributed by atoms with Crippen LogP contribution in [0.4, 0.5) is 0 Å². The lowest BCUT2D eigenvalue weighted by Crippen LogP contribution is -2.25. The van der Waals surface area contributed by atoms with E-state index >= 15 is 0 Å². The summed E-state index contributed by atoms with van der Waals surface area (Å²) in [7, 11) is 0. The lowest BCUT2D eigenvalue weighted by molar-refractivity contribution is -0.125. The summed E-state index contributed by atoms with van der Waals surface area (Å²) in [5.74, 6) is 0.387. The van der Waals surface area contributed by atoms with E-state index in [0.717, 1.165) is 37.2 Å². The molecule has 1 aromatic rings. The molecule has 0 atom stereocenters. The summed E-state index contributed by atoms with van der Waals surface area (Å²) in [4.78, 5) is 12.3. The summed E-state index contributed by atoms with van der Waals surface area (Å²) in [5, 5.41) is 5.12. The lowest BCUT2D eigenvalue weighted by atomic mass is 9.92. The Hall–Kier alpha value is -0.870. The third-order valence-corrected chi connectivity index (χ3v) is 4.15. The van der Waals surface area contributed by atoms with Gasteiger partial charge in [-0.05, 0) is 26.2 Å². The largest absolute Gasteiger partial charge is 0.381 e. The van der Waals surface area contributed by atoms with Gasteiger partial charge in [0.1, 0.15) is 5.78 Å². The Balaban J connectivity index is 2.13. The van der Waals surface area contributed by atoms with Crippen molar-refractivity contribution in [2.75, 3.05) is 13.2 Å². The molecule has 4 nitrogen and oxygen atoms in total. The summed E-state index contributed by atoms with van der Waals surface area (Å²) >= 11 is 6.33. The lowest BCUT2D eigenvalue weighted by Gasteiger charge is -2.20. The van der Waals surface area contributed by atoms with Gasteiger partial charge < -0.3 is 4.74 Å². The molecule has 19 heavy (non-hydrogen) atoms. The maximum Gasteiger partial charge on any atom is 0.142 e. The molecule has 0 spiro atoms. The van der Waals surface area contributed by atoms with Crippen molar-refractivity contribution in [3.8, 4) is 0 Å². The van der Waals surface area contributed by atoms with Crippen molar-refractivity contribution in [3.05, 3.63) is 16.4 Å². The van der Waals surface area contributed by atoms with E-state index in [0.29, 0.717) is 24.7 Å². The Labute approximate surface area is 119 Å². The number of halogens is 1. The van der Waals surface area contributed by atoms with Crippen LogP contribution in [0.15, 0.2) is 0 Å². The predicted octanol–water partition coefficient (Wildman–Crippen LogP) is 2.66. The van der Waals surface area contributed by atoms with Crippen LogP contribution in [-0.4, -0.2) is 28.8 Å². The number of hydrogen-bond acceptors (Lipinski definition) is 3. The van der Waals surface area contributed by atoms with Crippen LogP contribution in [0, 0.1) is 5.92 Å². The molecule has 0 unspecified atom stereocenters. The van der Waals surface area contributed by atoms with Crippen LogP contribution in [0.2, 0.25) is 5.02 Å². The maximum atomic E-state index is 12.3. The van der Waals surface area contributed by atoms with Crippen molar-refractivity contribution in [2.45, 2.75) is 46.1 Å². The fraction of sp³-hybridized carbons (Fsp3) is 0.714. The van der Waals surface area contributed by atoms with E-state index in [1.165, 1.54) is 0 Å². The second-order valence-electron chi connectivity index (χ2n) is 4.91. The second-order valence-corrected chi connectivity index (χ2v) is 5.28. The van der Waals surface area contributed by atoms with Crippen LogP contribution in [0.5, 0.6) is 0 Å². The highest BCUT2D eigenvalue weighted by Gasteiger charge is 2.24. The molecule has 0 bridgehead atoms. The van der Waals surface area contributed by atoms with Crippen molar-refractivity contribution < 1.29 is 9.53 Å². The Morgan fingerprint density at radius 1 is 1.42 bits per heavy atom. The van der Waals surface area contributed by atoms with E-state index in [-0.39, 0.29) is 11.7 Å². The summed E-state index contributed by atoms with van der Waals surface area (Å²) < 4.78 is 7.15. The van der Waals surface area contributed by atoms with E-state index in [1.54, 1.807) is 0 Å². The van der Waals surface area contributed by atoms with Gasteiger partial charge in [0.05, 0.1) is 22.8 Å². The average Bonchev–Trinajstić information content (AvgIpc) is 2.76. The van der Waals surface area contributed by atoms with Gasteiger partial charge in [-0.1, -0.05) is 18.5 Å². The first-order chi connectivity index (χ1) is 9.17. The summed E-state index contributed by atoms with van der Waals surface area (Å²) in [5.41, 5.74) is 1.76. The number of carbonyl (C=O) groups excluding carboxylic acids is 1. The van der Waals surface area contributed by atoms with E-state index in [2.05, 4.69) is 5.10 Å². The number of aryl methyl sites for hydroxylation is 2. The molecule has 1 aromatic heterocycles. The Kier molecular flexibility index (Phi) is 4.99. The number of aromatic nitrogens is 2. The quantitative estimate of drug-likeness (QED) is 0.835. The first kappa shape index (κ1) is 14.5. The van der Waals surface area contributed by atoms with Crippen LogP contribution < -0.4 is 0 Å². The van der Waals surface area contributed by atoms with Crippen LogP contribution in [0.25, 0.3) is 0 Å². The van der Waals surface area contributed by atoms with Crippen molar-refractivity contribution >= 4 is 17.4 Å². The first-order valence-electron chi connectivity index (χ1n) is 7.01. The van der Waals surface area contributed by atoms with Gasteiger partial charge in [-0.3, -0.25) is 9.48 Å². The number of hydrogen-bond donors (Lipinski definition) is 0. The third-order valence-electron chi connectivity index (χ3n) is 3.71. The van der Waals surface area contributed by atoms with E-state index in [4.69, 9.17) is 16.3 Å². The van der Waals surface area contributed by atoms with Crippen LogP contribution in [-0.2, 0) is 28.9 Å². The SMILES string of the molecule is CCc1nn(CC)c(CC(=O)C2CCOCC2)c1Cl. The molecule has 106 valence electrons. The fourth-order valence-electron chi connectivity index (χ4n) is 2.52. The van der Waals surface area contributed by atoms with E-state index in [9.17, 15) is 4.79 Å². The molecule has 0 radical (unpaired) electrons. The zero-order valence-electron chi connectivity index (χ0n) is 11.6. The number of ether oxygens (including phenoxy) is 1. The first-order valence-corrected chi connectivity index (χ1v) is 7.39. The standard InChI is InChI=1S/C14H21ClN2O2/c1-3-11-14(15)12(17(4-2)16-11)9-13(18)10-5-7-19-8-6-10/h10H,3-9H2,1-2H3. The number of rotatable bonds is 5. The monoisotopic (exact) mass is 284 g/mol. The van der Waals surface area contributed by atoms with Gasteiger partial charge in [-0.15, -0.1) is 0 Å². The van der Waals surface area contributed by atoms with E-state index in [1.807, 2.05) is 18.5 Å². The van der Waals surface area contributed by atoms with Crippen molar-refractivity contribution in [2.24, 2.45) is 5.92 Å². The molecule has 0 saturated carbocycles. The zero-order chi connectivity index (χ0) is 13.8. The second kappa shape index (κ2) is 6.53. The number of nitrogens with zero attached hydrogens (tertiary/aromatic N) is 2. The van der Waals surface area contributed by atoms with Gasteiger partial charge in [0, 0.05) is 25.7 Å². The minimum absolute atomic E-state index is 0.120. The van der Waals surface area contributed by atoms with E-state index < -0.39 is 0 Å². The summed E-state index contributed by atoms with van der Waals surface area (Å²) in [6, 6.07) is 0.